The zero-order valence-electron chi connectivity index (χ0n) is 10.7. The number of alkyl carbamates (subject to hydrolysis) is 1. The van der Waals surface area contributed by atoms with Crippen LogP contribution in [-0.2, 0) is 4.74 Å². The van der Waals surface area contributed by atoms with E-state index in [1.54, 1.807) is 0 Å². The smallest absolute Gasteiger partial charge is 0.407 e. The Kier molecular flexibility index (Phi) is 7.99. The Morgan fingerprint density at radius 3 is 2.25 bits per heavy atom. The third kappa shape index (κ3) is 11.3. The lowest BCUT2D eigenvalue weighted by Crippen LogP contribution is -2.32. The number of ether oxygens (including phenoxy) is 1. The van der Waals surface area contributed by atoms with Gasteiger partial charge in [0, 0.05) is 13.2 Å². The van der Waals surface area contributed by atoms with E-state index in [1.165, 1.54) is 0 Å². The molecule has 96 valence electrons. The van der Waals surface area contributed by atoms with Crippen LogP contribution in [0.2, 0.25) is 0 Å². The summed E-state index contributed by atoms with van der Waals surface area (Å²) in [6.07, 6.45) is 4.74. The molecule has 0 spiro atoms. The van der Waals surface area contributed by atoms with Crippen molar-refractivity contribution in [2.24, 2.45) is 0 Å². The molecule has 0 aromatic heterocycles. The van der Waals surface area contributed by atoms with Crippen LogP contribution in [0.5, 0.6) is 0 Å². The molecule has 2 N–H and O–H groups in total. The number of unbranched alkanes of at least 4 members (excludes halogenated alkanes) is 4. The molecular weight excluding hydrogens is 206 g/mol. The van der Waals surface area contributed by atoms with Crippen molar-refractivity contribution >= 4 is 6.09 Å². The molecule has 0 saturated heterocycles. The minimum Gasteiger partial charge on any atom is -0.444 e. The lowest BCUT2D eigenvalue weighted by Gasteiger charge is -2.19. The van der Waals surface area contributed by atoms with Crippen molar-refractivity contribution < 1.29 is 14.6 Å². The summed E-state index contributed by atoms with van der Waals surface area (Å²) < 4.78 is 5.10. The standard InChI is InChI=1S/C12H25NO3/c1-12(2,3)16-11(15)13-9-7-5-4-6-8-10-14/h14H,4-10H2,1-3H3,(H,13,15). The van der Waals surface area contributed by atoms with Crippen molar-refractivity contribution in [2.75, 3.05) is 13.2 Å². The second-order valence-electron chi connectivity index (χ2n) is 4.92. The van der Waals surface area contributed by atoms with Crippen molar-refractivity contribution in [2.45, 2.75) is 58.5 Å². The van der Waals surface area contributed by atoms with Gasteiger partial charge in [-0.2, -0.15) is 0 Å². The average Bonchev–Trinajstić information content (AvgIpc) is 2.13. The highest BCUT2D eigenvalue weighted by molar-refractivity contribution is 5.67. The Balaban J connectivity index is 3.28. The van der Waals surface area contributed by atoms with Crippen LogP contribution in [0.15, 0.2) is 0 Å². The Morgan fingerprint density at radius 2 is 1.69 bits per heavy atom. The average molecular weight is 231 g/mol. The van der Waals surface area contributed by atoms with Crippen molar-refractivity contribution in [3.8, 4) is 0 Å². The van der Waals surface area contributed by atoms with Crippen molar-refractivity contribution in [1.82, 2.24) is 5.32 Å². The molecule has 0 saturated carbocycles. The fourth-order valence-corrected chi connectivity index (χ4v) is 1.27. The lowest BCUT2D eigenvalue weighted by atomic mass is 10.1. The van der Waals surface area contributed by atoms with Gasteiger partial charge in [-0.25, -0.2) is 4.79 Å². The lowest BCUT2D eigenvalue weighted by molar-refractivity contribution is 0.0527. The van der Waals surface area contributed by atoms with E-state index in [-0.39, 0.29) is 12.7 Å². The number of carbonyl (C=O) groups is 1. The SMILES string of the molecule is CC(C)(C)OC(=O)NCCCCCCCO. The molecule has 0 fully saturated rings. The number of carbonyl (C=O) groups excluding carboxylic acids is 1. The second kappa shape index (κ2) is 8.39. The summed E-state index contributed by atoms with van der Waals surface area (Å²) in [6, 6.07) is 0. The molecular formula is C12H25NO3. The van der Waals surface area contributed by atoms with Gasteiger partial charge in [-0.3, -0.25) is 0 Å². The van der Waals surface area contributed by atoms with Gasteiger partial charge < -0.3 is 15.2 Å². The maximum atomic E-state index is 11.2. The van der Waals surface area contributed by atoms with Gasteiger partial charge in [0.2, 0.25) is 0 Å². The molecule has 4 nitrogen and oxygen atoms in total. The van der Waals surface area contributed by atoms with Crippen LogP contribution in [0.1, 0.15) is 52.9 Å². The molecule has 0 unspecified atom stereocenters. The van der Waals surface area contributed by atoms with Gasteiger partial charge in [0.1, 0.15) is 5.60 Å². The van der Waals surface area contributed by atoms with Gasteiger partial charge in [-0.1, -0.05) is 19.3 Å². The first-order valence-corrected chi connectivity index (χ1v) is 6.03. The zero-order chi connectivity index (χ0) is 12.4. The monoisotopic (exact) mass is 231 g/mol. The fraction of sp³-hybridized carbons (Fsp3) is 0.917. The van der Waals surface area contributed by atoms with E-state index in [0.29, 0.717) is 6.54 Å². The van der Waals surface area contributed by atoms with Crippen LogP contribution in [0.4, 0.5) is 4.79 Å². The van der Waals surface area contributed by atoms with Gasteiger partial charge in [0.15, 0.2) is 0 Å². The maximum Gasteiger partial charge on any atom is 0.407 e. The molecule has 0 bridgehead atoms. The van der Waals surface area contributed by atoms with Gasteiger partial charge >= 0.3 is 6.09 Å². The molecule has 0 radical (unpaired) electrons. The van der Waals surface area contributed by atoms with Gasteiger partial charge in [-0.05, 0) is 33.6 Å². The van der Waals surface area contributed by atoms with Gasteiger partial charge in [0.05, 0.1) is 0 Å². The van der Waals surface area contributed by atoms with Crippen molar-refractivity contribution in [3.05, 3.63) is 0 Å². The molecule has 0 rings (SSSR count). The van der Waals surface area contributed by atoms with Crippen LogP contribution < -0.4 is 5.32 Å². The maximum absolute atomic E-state index is 11.2. The van der Waals surface area contributed by atoms with E-state index in [0.717, 1.165) is 32.1 Å². The van der Waals surface area contributed by atoms with E-state index in [1.807, 2.05) is 20.8 Å². The number of amides is 1. The number of aliphatic hydroxyl groups excluding tert-OH is 1. The highest BCUT2D eigenvalue weighted by Gasteiger charge is 2.15. The van der Waals surface area contributed by atoms with E-state index in [9.17, 15) is 4.79 Å². The molecule has 0 aromatic rings. The van der Waals surface area contributed by atoms with E-state index in [2.05, 4.69) is 5.32 Å². The summed E-state index contributed by atoms with van der Waals surface area (Å²) in [6.45, 7) is 6.48. The Bertz CT molecular complexity index is 187. The highest BCUT2D eigenvalue weighted by atomic mass is 16.6. The third-order valence-electron chi connectivity index (χ3n) is 2.00. The highest BCUT2D eigenvalue weighted by Crippen LogP contribution is 2.06. The van der Waals surface area contributed by atoms with Crippen LogP contribution in [0.3, 0.4) is 0 Å². The minimum absolute atomic E-state index is 0.274. The molecule has 0 aliphatic carbocycles. The Hall–Kier alpha value is -0.770. The summed E-state index contributed by atoms with van der Waals surface area (Å²) in [5, 5.41) is 11.3. The molecule has 0 aliphatic rings. The predicted molar refractivity (Wildman–Crippen MR) is 64.4 cm³/mol. The second-order valence-corrected chi connectivity index (χ2v) is 4.92. The summed E-state index contributed by atoms with van der Waals surface area (Å²) >= 11 is 0. The van der Waals surface area contributed by atoms with Crippen molar-refractivity contribution in [1.29, 1.82) is 0 Å². The quantitative estimate of drug-likeness (QED) is 0.662. The van der Waals surface area contributed by atoms with Gasteiger partial charge in [-0.15, -0.1) is 0 Å². The Labute approximate surface area is 98.4 Å². The van der Waals surface area contributed by atoms with Crippen LogP contribution in [0.25, 0.3) is 0 Å². The summed E-state index contributed by atoms with van der Waals surface area (Å²) in [4.78, 5) is 11.2. The first-order valence-electron chi connectivity index (χ1n) is 6.03. The Morgan fingerprint density at radius 1 is 1.12 bits per heavy atom. The predicted octanol–water partition coefficient (Wildman–Crippen LogP) is 2.45. The summed E-state index contributed by atoms with van der Waals surface area (Å²) in [7, 11) is 0. The molecule has 0 atom stereocenters. The van der Waals surface area contributed by atoms with E-state index in [4.69, 9.17) is 9.84 Å². The van der Waals surface area contributed by atoms with E-state index >= 15 is 0 Å². The first kappa shape index (κ1) is 15.2. The molecule has 0 heterocycles. The number of hydrogen-bond acceptors (Lipinski definition) is 3. The first-order chi connectivity index (χ1) is 7.45. The number of aliphatic hydroxyl groups is 1. The number of nitrogens with one attached hydrogen (secondary N) is 1. The van der Waals surface area contributed by atoms with Crippen LogP contribution in [-0.4, -0.2) is 30.0 Å². The summed E-state index contributed by atoms with van der Waals surface area (Å²) in [5.41, 5.74) is -0.425. The molecule has 16 heavy (non-hydrogen) atoms. The summed E-state index contributed by atoms with van der Waals surface area (Å²) in [5.74, 6) is 0. The molecule has 0 aromatic carbocycles. The zero-order valence-corrected chi connectivity index (χ0v) is 10.7. The van der Waals surface area contributed by atoms with E-state index < -0.39 is 5.60 Å². The minimum atomic E-state index is -0.425. The third-order valence-corrected chi connectivity index (χ3v) is 2.00. The molecule has 1 amide bonds. The number of rotatable bonds is 7. The van der Waals surface area contributed by atoms with Gasteiger partial charge in [0.25, 0.3) is 0 Å². The largest absolute Gasteiger partial charge is 0.444 e. The van der Waals surface area contributed by atoms with Crippen molar-refractivity contribution in [3.63, 3.8) is 0 Å². The number of hydrogen-bond donors (Lipinski definition) is 2. The van der Waals surface area contributed by atoms with Crippen LogP contribution in [0, 0.1) is 0 Å². The normalized spacial score (nSPS) is 11.2. The topological polar surface area (TPSA) is 58.6 Å². The molecule has 0 aliphatic heterocycles. The fourth-order valence-electron chi connectivity index (χ4n) is 1.27. The van der Waals surface area contributed by atoms with Crippen LogP contribution >= 0.6 is 0 Å². The molecule has 4 heteroatoms.